The lowest BCUT2D eigenvalue weighted by Crippen LogP contribution is -2.15. The molecule has 0 spiro atoms. The molecule has 0 saturated carbocycles. The minimum Gasteiger partial charge on any atom is -0.177 e. The lowest BCUT2D eigenvalue weighted by atomic mass is 10.0. The molecule has 0 aromatic heterocycles. The van der Waals surface area contributed by atoms with Crippen LogP contribution in [0.2, 0.25) is 0 Å². The fourth-order valence-electron chi connectivity index (χ4n) is 1.48. The lowest BCUT2D eigenvalue weighted by Gasteiger charge is -2.23. The summed E-state index contributed by atoms with van der Waals surface area (Å²) in [5, 5.41) is 0. The van der Waals surface area contributed by atoms with Crippen molar-refractivity contribution >= 4 is 37.9 Å². The number of rotatable bonds is 4. The van der Waals surface area contributed by atoms with Crippen LogP contribution in [0.15, 0.2) is 24.3 Å². The van der Waals surface area contributed by atoms with Crippen LogP contribution in [0.1, 0.15) is 24.5 Å². The van der Waals surface area contributed by atoms with Crippen LogP contribution in [0.4, 0.5) is 0 Å². The zero-order valence-electron chi connectivity index (χ0n) is 8.27. The van der Waals surface area contributed by atoms with Crippen molar-refractivity contribution in [1.29, 1.82) is 0 Å². The van der Waals surface area contributed by atoms with Gasteiger partial charge in [-0.25, -0.2) is 0 Å². The topological polar surface area (TPSA) is 0 Å². The Labute approximate surface area is 103 Å². The van der Waals surface area contributed by atoms with E-state index in [1.807, 2.05) is 6.07 Å². The number of benzene rings is 1. The largest absolute Gasteiger partial charge is 0.177 e. The molecule has 1 rings (SSSR count). The van der Waals surface area contributed by atoms with Crippen molar-refractivity contribution in [3.05, 3.63) is 35.4 Å². The summed E-state index contributed by atoms with van der Waals surface area (Å²) in [6, 6.07) is 8.31. The van der Waals surface area contributed by atoms with Gasteiger partial charge in [0.2, 0.25) is 0 Å². The van der Waals surface area contributed by atoms with Gasteiger partial charge < -0.3 is 0 Å². The van der Waals surface area contributed by atoms with Crippen LogP contribution >= 0.6 is 37.9 Å². The van der Waals surface area contributed by atoms with Crippen molar-refractivity contribution in [2.24, 2.45) is 0 Å². The molecule has 0 amide bonds. The summed E-state index contributed by atoms with van der Waals surface area (Å²) in [5.41, 5.74) is 2.51. The molecule has 14 heavy (non-hydrogen) atoms. The van der Waals surface area contributed by atoms with Crippen molar-refractivity contribution in [2.75, 3.05) is 5.75 Å². The van der Waals surface area contributed by atoms with Gasteiger partial charge in [0, 0.05) is 5.75 Å². The smallest absolute Gasteiger partial charge is 0.0893 e. The maximum atomic E-state index is 4.53. The molecule has 0 atom stereocenters. The molecule has 3 heteroatoms. The monoisotopic (exact) mass is 244 g/mol. The van der Waals surface area contributed by atoms with Crippen LogP contribution in [0, 0.1) is 0 Å². The van der Waals surface area contributed by atoms with Gasteiger partial charge in [-0.1, -0.05) is 37.6 Å². The molecule has 0 aliphatic heterocycles. The maximum absolute atomic E-state index is 4.53. The first-order valence-electron chi connectivity index (χ1n) is 4.76. The summed E-state index contributed by atoms with van der Waals surface area (Å²) >= 11 is 13.3. The van der Waals surface area contributed by atoms with Gasteiger partial charge in [-0.2, -0.15) is 37.9 Å². The molecular weight excluding hydrogens is 228 g/mol. The first-order valence-corrected chi connectivity index (χ1v) is 6.28. The van der Waals surface area contributed by atoms with Crippen molar-refractivity contribution in [2.45, 2.75) is 23.8 Å². The number of thiol groups is 3. The van der Waals surface area contributed by atoms with Gasteiger partial charge >= 0.3 is 0 Å². The third-order valence-electron chi connectivity index (χ3n) is 2.19. The molecular formula is C11H16S3. The summed E-state index contributed by atoms with van der Waals surface area (Å²) < 4.78 is -0.422. The quantitative estimate of drug-likeness (QED) is 0.523. The van der Waals surface area contributed by atoms with E-state index in [0.29, 0.717) is 5.75 Å². The summed E-state index contributed by atoms with van der Waals surface area (Å²) in [6.45, 7) is 2.18. The lowest BCUT2D eigenvalue weighted by molar-refractivity contribution is 0.888. The van der Waals surface area contributed by atoms with Crippen LogP contribution in [-0.2, 0) is 10.5 Å². The molecule has 0 aliphatic rings. The Morgan fingerprint density at radius 1 is 1.21 bits per heavy atom. The summed E-state index contributed by atoms with van der Waals surface area (Å²) in [5.74, 6) is 0.625. The summed E-state index contributed by atoms with van der Waals surface area (Å²) in [6.07, 6.45) is 2.22. The van der Waals surface area contributed by atoms with E-state index in [1.165, 1.54) is 11.1 Å². The first kappa shape index (κ1) is 12.3. The highest BCUT2D eigenvalue weighted by Gasteiger charge is 2.23. The summed E-state index contributed by atoms with van der Waals surface area (Å²) in [4.78, 5) is 0. The van der Waals surface area contributed by atoms with Crippen LogP contribution in [0.5, 0.6) is 0 Å². The highest BCUT2D eigenvalue weighted by atomic mass is 32.2. The van der Waals surface area contributed by atoms with E-state index in [1.54, 1.807) is 0 Å². The van der Waals surface area contributed by atoms with Gasteiger partial charge in [0.1, 0.15) is 0 Å². The molecule has 0 radical (unpaired) electrons. The highest BCUT2D eigenvalue weighted by molar-refractivity contribution is 8.01. The van der Waals surface area contributed by atoms with Gasteiger partial charge in [0.25, 0.3) is 0 Å². The zero-order chi connectivity index (χ0) is 10.6. The fourth-order valence-corrected chi connectivity index (χ4v) is 2.09. The molecule has 0 nitrogen and oxygen atoms in total. The Morgan fingerprint density at radius 2 is 1.86 bits per heavy atom. The highest BCUT2D eigenvalue weighted by Crippen LogP contribution is 2.36. The zero-order valence-corrected chi connectivity index (χ0v) is 11.0. The Balaban J connectivity index is 3.06. The second-order valence-electron chi connectivity index (χ2n) is 3.38. The van der Waals surface area contributed by atoms with E-state index in [2.05, 4.69) is 63.0 Å². The molecule has 0 fully saturated rings. The van der Waals surface area contributed by atoms with Crippen LogP contribution in [0.25, 0.3) is 0 Å². The maximum Gasteiger partial charge on any atom is 0.0893 e. The minimum absolute atomic E-state index is 0.422. The molecule has 0 N–H and O–H groups in total. The summed E-state index contributed by atoms with van der Waals surface area (Å²) in [7, 11) is 0. The second-order valence-corrected chi connectivity index (χ2v) is 5.58. The fraction of sp³-hybridized carbons (Fsp3) is 0.455. The van der Waals surface area contributed by atoms with E-state index in [-0.39, 0.29) is 0 Å². The Morgan fingerprint density at radius 3 is 2.43 bits per heavy atom. The van der Waals surface area contributed by atoms with Gasteiger partial charge in [0.15, 0.2) is 0 Å². The van der Waals surface area contributed by atoms with E-state index < -0.39 is 4.08 Å². The van der Waals surface area contributed by atoms with Crippen molar-refractivity contribution < 1.29 is 0 Å². The van der Waals surface area contributed by atoms with Crippen molar-refractivity contribution in [3.63, 3.8) is 0 Å². The molecule has 0 saturated heterocycles. The van der Waals surface area contributed by atoms with Gasteiger partial charge in [-0.05, 0) is 17.5 Å². The molecule has 1 aromatic rings. The SMILES string of the molecule is CCCc1ccccc1C(S)(S)CS. The van der Waals surface area contributed by atoms with Crippen LogP contribution < -0.4 is 0 Å². The normalized spacial score (nSPS) is 11.7. The van der Waals surface area contributed by atoms with Crippen molar-refractivity contribution in [1.82, 2.24) is 0 Å². The molecule has 78 valence electrons. The van der Waals surface area contributed by atoms with Gasteiger partial charge in [0.05, 0.1) is 4.08 Å². The molecule has 0 heterocycles. The molecule has 0 bridgehead atoms. The van der Waals surface area contributed by atoms with Gasteiger partial charge in [-0.15, -0.1) is 0 Å². The number of aryl methyl sites for hydroxylation is 1. The van der Waals surface area contributed by atoms with E-state index in [9.17, 15) is 0 Å². The average Bonchev–Trinajstić information content (AvgIpc) is 2.19. The Bertz CT molecular complexity index is 294. The Kier molecular flexibility index (Phi) is 4.74. The molecule has 1 aromatic carbocycles. The minimum atomic E-state index is -0.422. The van der Waals surface area contributed by atoms with Gasteiger partial charge in [-0.3, -0.25) is 0 Å². The standard InChI is InChI=1S/C11H16S3/c1-2-5-9-6-3-4-7-10(9)11(13,14)8-12/h3-4,6-7,12-14H,2,5,8H2,1H3. The third-order valence-corrected chi connectivity index (χ3v) is 3.96. The van der Waals surface area contributed by atoms with Crippen LogP contribution in [-0.4, -0.2) is 5.75 Å². The second kappa shape index (κ2) is 5.38. The van der Waals surface area contributed by atoms with Crippen molar-refractivity contribution in [3.8, 4) is 0 Å². The van der Waals surface area contributed by atoms with E-state index in [0.717, 1.165) is 12.8 Å². The molecule has 0 unspecified atom stereocenters. The van der Waals surface area contributed by atoms with E-state index >= 15 is 0 Å². The first-order chi connectivity index (χ1) is 6.61. The predicted molar refractivity (Wildman–Crippen MR) is 73.9 cm³/mol. The molecule has 0 aliphatic carbocycles. The number of hydrogen-bond acceptors (Lipinski definition) is 3. The average molecular weight is 244 g/mol. The number of hydrogen-bond donors (Lipinski definition) is 3. The van der Waals surface area contributed by atoms with Crippen LogP contribution in [0.3, 0.4) is 0 Å². The third kappa shape index (κ3) is 2.88. The Hall–Kier alpha value is 0.270. The predicted octanol–water partition coefficient (Wildman–Crippen LogP) is 3.58. The van der Waals surface area contributed by atoms with E-state index in [4.69, 9.17) is 0 Å².